The van der Waals surface area contributed by atoms with Gasteiger partial charge in [0.05, 0.1) is 31.0 Å². The van der Waals surface area contributed by atoms with Gasteiger partial charge >= 0.3 is 0 Å². The predicted octanol–water partition coefficient (Wildman–Crippen LogP) is 2.46. The molecule has 32 heavy (non-hydrogen) atoms. The third kappa shape index (κ3) is 4.02. The van der Waals surface area contributed by atoms with E-state index in [9.17, 15) is 9.18 Å². The number of benzene rings is 1. The fraction of sp³-hybridized carbons (Fsp3) is 0.522. The second kappa shape index (κ2) is 8.63. The molecule has 3 aliphatic heterocycles. The normalized spacial score (nSPS) is 22.5. The van der Waals surface area contributed by atoms with Gasteiger partial charge in [-0.25, -0.2) is 14.4 Å². The minimum atomic E-state index is -0.484. The van der Waals surface area contributed by atoms with Crippen LogP contribution in [0.4, 0.5) is 10.2 Å². The summed E-state index contributed by atoms with van der Waals surface area (Å²) in [6.45, 7) is 7.22. The van der Waals surface area contributed by atoms with E-state index in [0.717, 1.165) is 39.0 Å². The van der Waals surface area contributed by atoms with Crippen molar-refractivity contribution in [3.05, 3.63) is 42.1 Å². The molecule has 3 saturated heterocycles. The van der Waals surface area contributed by atoms with E-state index in [1.54, 1.807) is 11.1 Å². The summed E-state index contributed by atoms with van der Waals surface area (Å²) in [5.41, 5.74) is 0.517. The van der Waals surface area contributed by atoms with Crippen LogP contribution in [0.2, 0.25) is 0 Å². The molecule has 170 valence electrons. The molecule has 1 spiro atoms. The standard InChI is InChI=1S/C23H28FN5O3/c1-16-12-31-9-8-29(16)22(30)18-10-17(24)2-3-19(18)32-20-11-26-15-27-21(20)28-13-23(14-28)4-6-25-7-5-23/h2-3,10-11,15-16,25H,4-9,12-14H2,1H3/t16-/m1/s1. The molecule has 1 aromatic carbocycles. The minimum Gasteiger partial charge on any atom is -0.451 e. The lowest BCUT2D eigenvalue weighted by molar-refractivity contribution is 0.00344. The Balaban J connectivity index is 1.39. The monoisotopic (exact) mass is 441 g/mol. The molecule has 3 aliphatic rings. The average Bonchev–Trinajstić information content (AvgIpc) is 2.79. The van der Waals surface area contributed by atoms with Crippen molar-refractivity contribution in [2.24, 2.45) is 5.41 Å². The van der Waals surface area contributed by atoms with Crippen LogP contribution in [-0.2, 0) is 4.74 Å². The summed E-state index contributed by atoms with van der Waals surface area (Å²) in [6, 6.07) is 3.93. The van der Waals surface area contributed by atoms with Crippen molar-refractivity contribution in [2.45, 2.75) is 25.8 Å². The van der Waals surface area contributed by atoms with Gasteiger partial charge in [-0.1, -0.05) is 0 Å². The van der Waals surface area contributed by atoms with E-state index in [1.165, 1.54) is 24.5 Å². The Morgan fingerprint density at radius 3 is 2.88 bits per heavy atom. The van der Waals surface area contributed by atoms with E-state index in [2.05, 4.69) is 20.2 Å². The second-order valence-electron chi connectivity index (χ2n) is 8.98. The molecule has 5 rings (SSSR count). The first-order chi connectivity index (χ1) is 15.5. The number of nitrogens with zero attached hydrogens (tertiary/aromatic N) is 4. The minimum absolute atomic E-state index is 0.0924. The largest absolute Gasteiger partial charge is 0.451 e. The maximum Gasteiger partial charge on any atom is 0.258 e. The zero-order valence-corrected chi connectivity index (χ0v) is 18.2. The first-order valence-electron chi connectivity index (χ1n) is 11.2. The molecule has 0 bridgehead atoms. The highest BCUT2D eigenvalue weighted by Gasteiger charge is 2.44. The number of hydrogen-bond donors (Lipinski definition) is 1. The number of halogens is 1. The van der Waals surface area contributed by atoms with Crippen molar-refractivity contribution < 1.29 is 18.7 Å². The summed E-state index contributed by atoms with van der Waals surface area (Å²) >= 11 is 0. The lowest BCUT2D eigenvalue weighted by atomic mass is 9.72. The fourth-order valence-electron chi connectivity index (χ4n) is 4.87. The van der Waals surface area contributed by atoms with Crippen LogP contribution in [0.5, 0.6) is 11.5 Å². The lowest BCUT2D eigenvalue weighted by Crippen LogP contribution is -2.60. The van der Waals surface area contributed by atoms with Crippen LogP contribution in [0.3, 0.4) is 0 Å². The molecule has 8 nitrogen and oxygen atoms in total. The number of nitrogens with one attached hydrogen (secondary N) is 1. The van der Waals surface area contributed by atoms with Crippen molar-refractivity contribution in [3.63, 3.8) is 0 Å². The molecule has 1 atom stereocenters. The van der Waals surface area contributed by atoms with E-state index in [-0.39, 0.29) is 17.5 Å². The molecule has 1 N–H and O–H groups in total. The number of carbonyl (C=O) groups excluding carboxylic acids is 1. The Bertz CT molecular complexity index is 989. The molecule has 3 fully saturated rings. The first kappa shape index (κ1) is 21.1. The smallest absolute Gasteiger partial charge is 0.258 e. The van der Waals surface area contributed by atoms with Gasteiger partial charge in [0.15, 0.2) is 11.6 Å². The molecule has 9 heteroatoms. The molecule has 0 radical (unpaired) electrons. The van der Waals surface area contributed by atoms with Crippen LogP contribution in [0.25, 0.3) is 0 Å². The second-order valence-corrected chi connectivity index (χ2v) is 8.98. The van der Waals surface area contributed by atoms with Gasteiger partial charge in [0, 0.05) is 25.0 Å². The summed E-state index contributed by atoms with van der Waals surface area (Å²) < 4.78 is 25.7. The van der Waals surface area contributed by atoms with E-state index in [0.29, 0.717) is 42.5 Å². The van der Waals surface area contributed by atoms with E-state index in [4.69, 9.17) is 9.47 Å². The number of ether oxygens (including phenoxy) is 2. The van der Waals surface area contributed by atoms with E-state index >= 15 is 0 Å². The molecule has 0 aliphatic carbocycles. The fourth-order valence-corrected chi connectivity index (χ4v) is 4.87. The molecule has 0 saturated carbocycles. The van der Waals surface area contributed by atoms with Gasteiger partial charge in [0.1, 0.15) is 17.9 Å². The molecule has 1 aromatic heterocycles. The van der Waals surface area contributed by atoms with Crippen molar-refractivity contribution in [3.8, 4) is 11.5 Å². The van der Waals surface area contributed by atoms with Crippen molar-refractivity contribution in [1.29, 1.82) is 0 Å². The van der Waals surface area contributed by atoms with Crippen molar-refractivity contribution >= 4 is 11.7 Å². The number of aromatic nitrogens is 2. The number of morpholine rings is 1. The van der Waals surface area contributed by atoms with E-state index < -0.39 is 5.82 Å². The zero-order valence-electron chi connectivity index (χ0n) is 18.2. The highest BCUT2D eigenvalue weighted by Crippen LogP contribution is 2.43. The third-order valence-electron chi connectivity index (χ3n) is 6.70. The summed E-state index contributed by atoms with van der Waals surface area (Å²) in [5.74, 6) is 0.704. The molecular formula is C23H28FN5O3. The molecule has 1 amide bonds. The van der Waals surface area contributed by atoms with Gasteiger partial charge in [-0.3, -0.25) is 4.79 Å². The number of amides is 1. The van der Waals surface area contributed by atoms with Crippen LogP contribution in [-0.4, -0.2) is 72.8 Å². The SMILES string of the molecule is C[C@@H]1COCCN1C(=O)c1cc(F)ccc1Oc1cncnc1N1CC2(CCNCC2)C1. The Morgan fingerprint density at radius 1 is 1.28 bits per heavy atom. The Hall–Kier alpha value is -2.78. The summed E-state index contributed by atoms with van der Waals surface area (Å²) in [6.07, 6.45) is 5.41. The molecule has 0 unspecified atom stereocenters. The number of rotatable bonds is 4. The maximum atomic E-state index is 14.1. The summed E-state index contributed by atoms with van der Waals surface area (Å²) in [4.78, 5) is 25.7. The maximum absolute atomic E-state index is 14.1. The number of anilines is 1. The van der Waals surface area contributed by atoms with Gasteiger partial charge in [0.25, 0.3) is 5.91 Å². The van der Waals surface area contributed by atoms with Crippen molar-refractivity contribution in [1.82, 2.24) is 20.2 Å². The highest BCUT2D eigenvalue weighted by molar-refractivity contribution is 5.97. The topological polar surface area (TPSA) is 79.8 Å². The average molecular weight is 442 g/mol. The third-order valence-corrected chi connectivity index (χ3v) is 6.70. The van der Waals surface area contributed by atoms with Gasteiger partial charge in [0.2, 0.25) is 0 Å². The Labute approximate surface area is 186 Å². The van der Waals surface area contributed by atoms with Crippen molar-refractivity contribution in [2.75, 3.05) is 50.8 Å². The molecule has 4 heterocycles. The van der Waals surface area contributed by atoms with Crippen LogP contribution in [0.15, 0.2) is 30.7 Å². The van der Waals surface area contributed by atoms with Crippen LogP contribution >= 0.6 is 0 Å². The van der Waals surface area contributed by atoms with Gasteiger partial charge in [-0.2, -0.15) is 0 Å². The van der Waals surface area contributed by atoms with Crippen LogP contribution in [0.1, 0.15) is 30.1 Å². The van der Waals surface area contributed by atoms with Gasteiger partial charge < -0.3 is 24.6 Å². The van der Waals surface area contributed by atoms with Gasteiger partial charge in [-0.05, 0) is 51.1 Å². The number of hydrogen-bond acceptors (Lipinski definition) is 7. The lowest BCUT2D eigenvalue weighted by Gasteiger charge is -2.53. The number of piperidine rings is 1. The highest BCUT2D eigenvalue weighted by atomic mass is 19.1. The quantitative estimate of drug-likeness (QED) is 0.781. The number of carbonyl (C=O) groups is 1. The van der Waals surface area contributed by atoms with E-state index in [1.807, 2.05) is 6.92 Å². The summed E-state index contributed by atoms with van der Waals surface area (Å²) in [5, 5.41) is 3.41. The van der Waals surface area contributed by atoms with Crippen LogP contribution in [0, 0.1) is 11.2 Å². The predicted molar refractivity (Wildman–Crippen MR) is 117 cm³/mol. The van der Waals surface area contributed by atoms with Crippen LogP contribution < -0.4 is 15.0 Å². The Kier molecular flexibility index (Phi) is 5.69. The Morgan fingerprint density at radius 2 is 2.09 bits per heavy atom. The summed E-state index contributed by atoms with van der Waals surface area (Å²) in [7, 11) is 0. The molecule has 2 aromatic rings. The zero-order chi connectivity index (χ0) is 22.1. The van der Waals surface area contributed by atoms with Gasteiger partial charge in [-0.15, -0.1) is 0 Å². The molecular weight excluding hydrogens is 413 g/mol. The first-order valence-corrected chi connectivity index (χ1v) is 11.2.